The molecule has 4 heteroatoms. The summed E-state index contributed by atoms with van der Waals surface area (Å²) in [6.07, 6.45) is 0.251. The van der Waals surface area contributed by atoms with Crippen molar-refractivity contribution >= 4 is 40.6 Å². The van der Waals surface area contributed by atoms with Gasteiger partial charge >= 0.3 is 0 Å². The van der Waals surface area contributed by atoms with Crippen LogP contribution in [0.4, 0.5) is 0 Å². The lowest BCUT2D eigenvalue weighted by atomic mass is 10.0. The number of Topliss-reactive ketones (excluding diaryl/α,β-unsaturated/α-hetero) is 1. The smallest absolute Gasteiger partial charge is 0.170 e. The van der Waals surface area contributed by atoms with Gasteiger partial charge in [0, 0.05) is 11.4 Å². The minimum Gasteiger partial charge on any atom is -0.294 e. The van der Waals surface area contributed by atoms with Gasteiger partial charge in [0.05, 0.1) is 15.6 Å². The van der Waals surface area contributed by atoms with E-state index in [-0.39, 0.29) is 12.2 Å². The van der Waals surface area contributed by atoms with Gasteiger partial charge < -0.3 is 0 Å². The van der Waals surface area contributed by atoms with E-state index in [1.54, 1.807) is 30.3 Å². The average Bonchev–Trinajstić information content (AvgIpc) is 2.32. The molecule has 1 nitrogen and oxygen atoms in total. The van der Waals surface area contributed by atoms with Crippen LogP contribution >= 0.6 is 34.8 Å². The summed E-state index contributed by atoms with van der Waals surface area (Å²) in [7, 11) is 0. The quantitative estimate of drug-likeness (QED) is 0.723. The van der Waals surface area contributed by atoms with E-state index in [1.165, 1.54) is 0 Å². The Morgan fingerprint density at radius 3 is 2.00 bits per heavy atom. The molecule has 0 aromatic heterocycles. The van der Waals surface area contributed by atoms with Gasteiger partial charge in [-0.2, -0.15) is 0 Å². The highest BCUT2D eigenvalue weighted by Gasteiger charge is 2.14. The van der Waals surface area contributed by atoms with Crippen molar-refractivity contribution in [3.05, 3.63) is 68.7 Å². The molecule has 92 valence electrons. The van der Waals surface area contributed by atoms with Crippen LogP contribution in [0.15, 0.2) is 42.5 Å². The van der Waals surface area contributed by atoms with Crippen molar-refractivity contribution in [2.45, 2.75) is 6.42 Å². The Labute approximate surface area is 120 Å². The van der Waals surface area contributed by atoms with Gasteiger partial charge in [-0.3, -0.25) is 4.79 Å². The fourth-order valence-corrected chi connectivity index (χ4v) is 2.37. The van der Waals surface area contributed by atoms with Gasteiger partial charge in [0.15, 0.2) is 5.78 Å². The summed E-state index contributed by atoms with van der Waals surface area (Å²) < 4.78 is 0. The molecule has 0 N–H and O–H groups in total. The van der Waals surface area contributed by atoms with Gasteiger partial charge in [0.25, 0.3) is 0 Å². The van der Waals surface area contributed by atoms with Crippen LogP contribution in [0, 0.1) is 0 Å². The van der Waals surface area contributed by atoms with Gasteiger partial charge in [-0.25, -0.2) is 0 Å². The molecule has 0 unspecified atom stereocenters. The third-order valence-electron chi connectivity index (χ3n) is 2.52. The van der Waals surface area contributed by atoms with Crippen LogP contribution in [0.2, 0.25) is 15.1 Å². The fraction of sp³-hybridized carbons (Fsp3) is 0.0714. The molecule has 0 bridgehead atoms. The van der Waals surface area contributed by atoms with Crippen molar-refractivity contribution in [2.75, 3.05) is 0 Å². The van der Waals surface area contributed by atoms with Gasteiger partial charge in [-0.15, -0.1) is 0 Å². The lowest BCUT2D eigenvalue weighted by Crippen LogP contribution is -2.05. The first-order chi connectivity index (χ1) is 8.58. The van der Waals surface area contributed by atoms with Gasteiger partial charge in [0.1, 0.15) is 0 Å². The Morgan fingerprint density at radius 1 is 0.889 bits per heavy atom. The molecule has 0 amide bonds. The Morgan fingerprint density at radius 2 is 1.44 bits per heavy atom. The molecule has 0 atom stereocenters. The normalized spacial score (nSPS) is 10.4. The molecule has 0 saturated carbocycles. The second-order valence-corrected chi connectivity index (χ2v) is 5.07. The highest BCUT2D eigenvalue weighted by atomic mass is 35.5. The average molecular weight is 300 g/mol. The molecule has 0 heterocycles. The molecule has 0 fully saturated rings. The van der Waals surface area contributed by atoms with Crippen LogP contribution in [0.5, 0.6) is 0 Å². The third-order valence-corrected chi connectivity index (χ3v) is 3.40. The van der Waals surface area contributed by atoms with Crippen molar-refractivity contribution in [3.63, 3.8) is 0 Å². The Balaban J connectivity index is 2.25. The third kappa shape index (κ3) is 3.05. The number of halogens is 3. The van der Waals surface area contributed by atoms with Crippen LogP contribution in [0.25, 0.3) is 0 Å². The predicted octanol–water partition coefficient (Wildman–Crippen LogP) is 5.07. The number of carbonyl (C=O) groups excluding carboxylic acids is 1. The van der Waals surface area contributed by atoms with Crippen molar-refractivity contribution < 1.29 is 4.79 Å². The molecule has 0 aliphatic carbocycles. The van der Waals surface area contributed by atoms with E-state index >= 15 is 0 Å². The Hall–Kier alpha value is -1.02. The molecule has 2 rings (SSSR count). The van der Waals surface area contributed by atoms with E-state index in [0.717, 1.165) is 5.56 Å². The monoisotopic (exact) mass is 298 g/mol. The highest BCUT2D eigenvalue weighted by molar-refractivity contribution is 6.39. The number of carbonyl (C=O) groups is 1. The molecule has 2 aromatic carbocycles. The maximum Gasteiger partial charge on any atom is 0.170 e. The lowest BCUT2D eigenvalue weighted by Gasteiger charge is -2.06. The maximum absolute atomic E-state index is 12.1. The minimum atomic E-state index is -0.104. The summed E-state index contributed by atoms with van der Waals surface area (Å²) in [6, 6.07) is 12.1. The van der Waals surface area contributed by atoms with E-state index in [1.807, 2.05) is 12.1 Å². The van der Waals surface area contributed by atoms with Crippen LogP contribution in [-0.2, 0) is 6.42 Å². The molecule has 2 aromatic rings. The second-order valence-electron chi connectivity index (χ2n) is 3.82. The Kier molecular flexibility index (Phi) is 4.28. The summed E-state index contributed by atoms with van der Waals surface area (Å²) in [6.45, 7) is 0. The maximum atomic E-state index is 12.1. The number of hydrogen-bond acceptors (Lipinski definition) is 1. The van der Waals surface area contributed by atoms with Gasteiger partial charge in [-0.1, -0.05) is 53.0 Å². The number of hydrogen-bond donors (Lipinski definition) is 0. The molecular formula is C14H9Cl3O. The van der Waals surface area contributed by atoms with E-state index in [4.69, 9.17) is 34.8 Å². The Bertz CT molecular complexity index is 556. The zero-order valence-corrected chi connectivity index (χ0v) is 11.6. The summed E-state index contributed by atoms with van der Waals surface area (Å²) >= 11 is 17.8. The van der Waals surface area contributed by atoms with Crippen LogP contribution < -0.4 is 0 Å². The topological polar surface area (TPSA) is 17.1 Å². The summed E-state index contributed by atoms with van der Waals surface area (Å²) in [5, 5.41) is 1.39. The first-order valence-corrected chi connectivity index (χ1v) is 6.43. The standard InChI is InChI=1S/C14H9Cl3O/c15-10-6-4-9(5-7-10)8-13(18)14-11(16)2-1-3-12(14)17/h1-7H,8H2. The summed E-state index contributed by atoms with van der Waals surface area (Å²) in [5.41, 5.74) is 1.25. The largest absolute Gasteiger partial charge is 0.294 e. The van der Waals surface area contributed by atoms with E-state index in [0.29, 0.717) is 20.6 Å². The molecule has 0 spiro atoms. The first kappa shape index (κ1) is 13.4. The second kappa shape index (κ2) is 5.75. The number of ketones is 1. The SMILES string of the molecule is O=C(Cc1ccc(Cl)cc1)c1c(Cl)cccc1Cl. The predicted molar refractivity (Wildman–Crippen MR) is 75.9 cm³/mol. The van der Waals surface area contributed by atoms with Gasteiger partial charge in [0.2, 0.25) is 0 Å². The summed E-state index contributed by atoms with van der Waals surface area (Å²) in [5.74, 6) is -0.104. The molecule has 0 radical (unpaired) electrons. The molecule has 0 aliphatic rings. The highest BCUT2D eigenvalue weighted by Crippen LogP contribution is 2.25. The van der Waals surface area contributed by atoms with Crippen molar-refractivity contribution in [3.8, 4) is 0 Å². The molecule has 0 saturated heterocycles. The van der Waals surface area contributed by atoms with E-state index < -0.39 is 0 Å². The van der Waals surface area contributed by atoms with Crippen LogP contribution in [0.1, 0.15) is 15.9 Å². The van der Waals surface area contributed by atoms with Crippen molar-refractivity contribution in [2.24, 2.45) is 0 Å². The lowest BCUT2D eigenvalue weighted by molar-refractivity contribution is 0.0993. The number of rotatable bonds is 3. The fourth-order valence-electron chi connectivity index (χ4n) is 1.64. The number of benzene rings is 2. The van der Waals surface area contributed by atoms with E-state index in [9.17, 15) is 4.79 Å². The molecule has 18 heavy (non-hydrogen) atoms. The van der Waals surface area contributed by atoms with Crippen molar-refractivity contribution in [1.82, 2.24) is 0 Å². The molecule has 0 aliphatic heterocycles. The van der Waals surface area contributed by atoms with Crippen LogP contribution in [-0.4, -0.2) is 5.78 Å². The zero-order valence-electron chi connectivity index (χ0n) is 9.29. The molecular weight excluding hydrogens is 291 g/mol. The van der Waals surface area contributed by atoms with Crippen molar-refractivity contribution in [1.29, 1.82) is 0 Å². The first-order valence-electron chi connectivity index (χ1n) is 5.29. The van der Waals surface area contributed by atoms with Gasteiger partial charge in [-0.05, 0) is 29.8 Å². The van der Waals surface area contributed by atoms with Crippen LogP contribution in [0.3, 0.4) is 0 Å². The zero-order chi connectivity index (χ0) is 13.1. The minimum absolute atomic E-state index is 0.104. The van der Waals surface area contributed by atoms with E-state index in [2.05, 4.69) is 0 Å². The summed E-state index contributed by atoms with van der Waals surface area (Å²) in [4.78, 5) is 12.1.